The van der Waals surface area contributed by atoms with Crippen LogP contribution in [0.1, 0.15) is 118 Å². The van der Waals surface area contributed by atoms with Crippen LogP contribution in [-0.2, 0) is 19.1 Å². The van der Waals surface area contributed by atoms with Crippen LogP contribution in [0.15, 0.2) is 30.3 Å². The number of para-hydroxylation sites is 1. The fourth-order valence-corrected chi connectivity index (χ4v) is 5.05. The van der Waals surface area contributed by atoms with Gasteiger partial charge >= 0.3 is 6.09 Å². The summed E-state index contributed by atoms with van der Waals surface area (Å²) in [6.07, 6.45) is 15.9. The van der Waals surface area contributed by atoms with E-state index in [-0.39, 0.29) is 17.4 Å². The van der Waals surface area contributed by atoms with Gasteiger partial charge in [0.05, 0.1) is 5.69 Å². The van der Waals surface area contributed by atoms with Crippen LogP contribution in [0, 0.1) is 0 Å². The van der Waals surface area contributed by atoms with E-state index in [2.05, 4.69) is 28.4 Å². The Balaban J connectivity index is 2.36. The highest BCUT2D eigenvalue weighted by atomic mass is 32.2. The highest BCUT2D eigenvalue weighted by Gasteiger charge is 2.23. The number of nitrogens with one attached hydrogen (secondary N) is 4. The van der Waals surface area contributed by atoms with Crippen molar-refractivity contribution in [2.75, 3.05) is 17.7 Å². The molecular weight excluding hydrogens is 552 g/mol. The van der Waals surface area contributed by atoms with E-state index in [9.17, 15) is 19.2 Å². The molecule has 0 aromatic heterocycles. The highest BCUT2D eigenvalue weighted by Crippen LogP contribution is 2.15. The number of hydrogen-bond acceptors (Lipinski definition) is 7. The number of anilines is 1. The van der Waals surface area contributed by atoms with Crippen molar-refractivity contribution < 1.29 is 23.9 Å². The topological polar surface area (TPSA) is 126 Å². The lowest BCUT2D eigenvalue weighted by atomic mass is 10.0. The van der Waals surface area contributed by atoms with Gasteiger partial charge in [0.1, 0.15) is 18.2 Å². The number of ether oxygens (including phenoxy) is 1. The lowest BCUT2D eigenvalue weighted by Crippen LogP contribution is -2.52. The smallest absolute Gasteiger partial charge is 0.408 e. The number of rotatable bonds is 22. The third-order valence-corrected chi connectivity index (χ3v) is 7.47. The van der Waals surface area contributed by atoms with Crippen LogP contribution in [0.4, 0.5) is 10.5 Å². The molecule has 1 atom stereocenters. The third-order valence-electron chi connectivity index (χ3n) is 6.44. The second kappa shape index (κ2) is 22.8. The van der Waals surface area contributed by atoms with E-state index in [0.29, 0.717) is 12.1 Å². The molecule has 42 heavy (non-hydrogen) atoms. The lowest BCUT2D eigenvalue weighted by molar-refractivity contribution is -0.127. The molecule has 0 aliphatic carbocycles. The van der Waals surface area contributed by atoms with Crippen LogP contribution < -0.4 is 21.5 Å². The van der Waals surface area contributed by atoms with Crippen molar-refractivity contribution in [3.05, 3.63) is 30.3 Å². The summed E-state index contributed by atoms with van der Waals surface area (Å²) in [5.74, 6) is -0.978. The van der Waals surface area contributed by atoms with Crippen molar-refractivity contribution in [1.29, 1.82) is 0 Å². The summed E-state index contributed by atoms with van der Waals surface area (Å²) in [5, 5.41) is 4.98. The van der Waals surface area contributed by atoms with E-state index in [1.165, 1.54) is 64.2 Å². The van der Waals surface area contributed by atoms with E-state index in [0.717, 1.165) is 31.0 Å². The minimum atomic E-state index is -0.977. The third kappa shape index (κ3) is 21.0. The lowest BCUT2D eigenvalue weighted by Gasteiger charge is -2.21. The predicted octanol–water partition coefficient (Wildman–Crippen LogP) is 6.88. The molecule has 238 valence electrons. The van der Waals surface area contributed by atoms with Gasteiger partial charge in [-0.2, -0.15) is 0 Å². The molecule has 4 N–H and O–H groups in total. The van der Waals surface area contributed by atoms with Crippen LogP contribution in [0.25, 0.3) is 0 Å². The molecule has 0 fully saturated rings. The number of unbranched alkanes of at least 4 members (excludes halogenated alkanes) is 12. The molecule has 10 heteroatoms. The first-order valence-corrected chi connectivity index (χ1v) is 16.6. The van der Waals surface area contributed by atoms with Gasteiger partial charge in [-0.15, -0.1) is 0 Å². The number of carbonyl (C=O) groups excluding carboxylic acids is 4. The monoisotopic (exact) mass is 606 g/mol. The average molecular weight is 607 g/mol. The summed E-state index contributed by atoms with van der Waals surface area (Å²) in [6, 6.07) is 8.09. The minimum absolute atomic E-state index is 0.00646. The number of amides is 3. The second-order valence-corrected chi connectivity index (χ2v) is 12.7. The summed E-state index contributed by atoms with van der Waals surface area (Å²) in [7, 11) is 0. The van der Waals surface area contributed by atoms with Gasteiger partial charge in [-0.25, -0.2) is 4.79 Å². The van der Waals surface area contributed by atoms with E-state index >= 15 is 0 Å². The van der Waals surface area contributed by atoms with Gasteiger partial charge in [0.2, 0.25) is 5.91 Å². The summed E-state index contributed by atoms with van der Waals surface area (Å²) in [4.78, 5) is 49.7. The van der Waals surface area contributed by atoms with Gasteiger partial charge in [-0.1, -0.05) is 114 Å². The molecule has 0 bridgehead atoms. The molecular formula is C32H54N4O5S. The maximum absolute atomic E-state index is 12.9. The fourth-order valence-electron chi connectivity index (χ4n) is 4.17. The van der Waals surface area contributed by atoms with Gasteiger partial charge < -0.3 is 15.4 Å². The molecule has 1 aromatic carbocycles. The summed E-state index contributed by atoms with van der Waals surface area (Å²) >= 11 is 1.04. The van der Waals surface area contributed by atoms with Crippen molar-refractivity contribution in [3.63, 3.8) is 0 Å². The van der Waals surface area contributed by atoms with Crippen molar-refractivity contribution in [1.82, 2.24) is 16.1 Å². The Bertz CT molecular complexity index is 908. The van der Waals surface area contributed by atoms with Crippen LogP contribution >= 0.6 is 11.8 Å². The summed E-state index contributed by atoms with van der Waals surface area (Å²) < 4.78 is 5.14. The Labute approximate surface area is 257 Å². The van der Waals surface area contributed by atoms with Gasteiger partial charge in [-0.05, 0) is 39.3 Å². The Morgan fingerprint density at radius 3 is 1.90 bits per heavy atom. The standard InChI is InChI=1S/C32H54N4O5S/c1-5-6-7-8-9-10-11-12-13-14-15-16-20-23-29(38)42-25-27(30(39)36-35-26-21-18-17-19-22-26)34-28(37)24-33-31(40)41-32(2,3)4/h17-19,21-22,27,35H,5-16,20,23-25H2,1-4H3,(H,33,40)(H,34,37)(H,36,39)/t27-/m0/s1. The van der Waals surface area contributed by atoms with Gasteiger partial charge in [0, 0.05) is 12.2 Å². The number of benzene rings is 1. The Morgan fingerprint density at radius 2 is 1.36 bits per heavy atom. The Kier molecular flexibility index (Phi) is 20.2. The van der Waals surface area contributed by atoms with Gasteiger partial charge in [0.15, 0.2) is 5.12 Å². The molecule has 0 saturated heterocycles. The molecule has 0 heterocycles. The maximum atomic E-state index is 12.9. The molecule has 1 aromatic rings. The molecule has 0 unspecified atom stereocenters. The van der Waals surface area contributed by atoms with Gasteiger partial charge in [-0.3, -0.25) is 25.2 Å². The second-order valence-electron chi connectivity index (χ2n) is 11.6. The van der Waals surface area contributed by atoms with E-state index in [1.807, 2.05) is 18.2 Å². The zero-order valence-electron chi connectivity index (χ0n) is 26.2. The molecule has 0 radical (unpaired) electrons. The number of hydrogen-bond donors (Lipinski definition) is 4. The van der Waals surface area contributed by atoms with Gasteiger partial charge in [0.25, 0.3) is 5.91 Å². The predicted molar refractivity (Wildman–Crippen MR) is 172 cm³/mol. The molecule has 0 spiro atoms. The first-order valence-electron chi connectivity index (χ1n) is 15.6. The van der Waals surface area contributed by atoms with Crippen molar-refractivity contribution >= 4 is 40.5 Å². The Morgan fingerprint density at radius 1 is 0.810 bits per heavy atom. The van der Waals surface area contributed by atoms with E-state index < -0.39 is 29.6 Å². The quantitative estimate of drug-likeness (QED) is 0.0837. The molecule has 9 nitrogen and oxygen atoms in total. The number of carbonyl (C=O) groups is 4. The zero-order chi connectivity index (χ0) is 31.1. The van der Waals surface area contributed by atoms with E-state index in [1.54, 1.807) is 32.9 Å². The van der Waals surface area contributed by atoms with Crippen LogP contribution in [-0.4, -0.2) is 47.0 Å². The molecule has 3 amide bonds. The first kappa shape index (κ1) is 37.3. The van der Waals surface area contributed by atoms with Crippen molar-refractivity contribution in [3.8, 4) is 0 Å². The molecule has 0 saturated carbocycles. The summed E-state index contributed by atoms with van der Waals surface area (Å²) in [6.45, 7) is 7.05. The van der Waals surface area contributed by atoms with Crippen LogP contribution in [0.5, 0.6) is 0 Å². The van der Waals surface area contributed by atoms with Crippen LogP contribution in [0.2, 0.25) is 0 Å². The molecule has 0 aliphatic rings. The number of alkyl carbamates (subject to hydrolysis) is 1. The van der Waals surface area contributed by atoms with E-state index in [4.69, 9.17) is 4.74 Å². The highest BCUT2D eigenvalue weighted by molar-refractivity contribution is 8.13. The first-order chi connectivity index (χ1) is 20.1. The largest absolute Gasteiger partial charge is 0.444 e. The molecule has 1 rings (SSSR count). The zero-order valence-corrected chi connectivity index (χ0v) is 27.0. The van der Waals surface area contributed by atoms with Crippen molar-refractivity contribution in [2.45, 2.75) is 129 Å². The van der Waals surface area contributed by atoms with Crippen LogP contribution in [0.3, 0.4) is 0 Å². The van der Waals surface area contributed by atoms with Crippen molar-refractivity contribution in [2.24, 2.45) is 0 Å². The Hall–Kier alpha value is -2.75. The summed E-state index contributed by atoms with van der Waals surface area (Å²) in [5.41, 5.74) is 5.36. The maximum Gasteiger partial charge on any atom is 0.408 e. The fraction of sp³-hybridized carbons (Fsp3) is 0.688. The molecule has 0 aliphatic heterocycles. The SMILES string of the molecule is CCCCCCCCCCCCCCCC(=O)SC[C@H](NC(=O)CNC(=O)OC(C)(C)C)C(=O)NNc1ccccc1. The number of thioether (sulfide) groups is 1. The minimum Gasteiger partial charge on any atom is -0.444 e. The number of hydrazine groups is 1. The average Bonchev–Trinajstić information content (AvgIpc) is 2.95. The normalized spacial score (nSPS) is 11.8.